The number of benzene rings is 2. The maximum absolute atomic E-state index is 12.8. The van der Waals surface area contributed by atoms with Crippen molar-refractivity contribution in [2.24, 2.45) is 5.41 Å². The van der Waals surface area contributed by atoms with Crippen molar-refractivity contribution in [1.29, 1.82) is 0 Å². The summed E-state index contributed by atoms with van der Waals surface area (Å²) in [6.45, 7) is 16.4. The van der Waals surface area contributed by atoms with Crippen molar-refractivity contribution in [3.63, 3.8) is 0 Å². The lowest BCUT2D eigenvalue weighted by molar-refractivity contribution is -0.159. The average molecular weight is 483 g/mol. The van der Waals surface area contributed by atoms with E-state index in [0.717, 1.165) is 16.9 Å². The van der Waals surface area contributed by atoms with E-state index in [0.29, 0.717) is 30.3 Å². The van der Waals surface area contributed by atoms with Crippen molar-refractivity contribution in [3.8, 4) is 17.2 Å². The van der Waals surface area contributed by atoms with Gasteiger partial charge in [-0.1, -0.05) is 20.8 Å². The Morgan fingerprint density at radius 3 is 1.97 bits per heavy atom. The fourth-order valence-corrected chi connectivity index (χ4v) is 3.19. The summed E-state index contributed by atoms with van der Waals surface area (Å²) in [5, 5.41) is 0. The van der Waals surface area contributed by atoms with Crippen LogP contribution in [0.15, 0.2) is 42.5 Å². The first-order chi connectivity index (χ1) is 16.4. The number of hydrogen-bond donors (Lipinski definition) is 0. The highest BCUT2D eigenvalue weighted by Crippen LogP contribution is 2.37. The molecule has 0 saturated carbocycles. The van der Waals surface area contributed by atoms with Crippen molar-refractivity contribution in [2.75, 3.05) is 20.0 Å². The second-order valence-electron chi connectivity index (χ2n) is 10.2. The summed E-state index contributed by atoms with van der Waals surface area (Å²) < 4.78 is 22.2. The number of ketones is 1. The van der Waals surface area contributed by atoms with Crippen molar-refractivity contribution < 1.29 is 28.5 Å². The lowest BCUT2D eigenvalue weighted by Gasteiger charge is -2.24. The smallest absolute Gasteiger partial charge is 0.314 e. The van der Waals surface area contributed by atoms with Gasteiger partial charge >= 0.3 is 5.97 Å². The molecule has 0 bridgehead atoms. The quantitative estimate of drug-likeness (QED) is 0.164. The highest BCUT2D eigenvalue weighted by Gasteiger charge is 2.23. The average Bonchev–Trinajstić information content (AvgIpc) is 2.77. The minimum absolute atomic E-state index is 0.140. The number of hydrogen-bond acceptors (Lipinski definition) is 6. The Kier molecular flexibility index (Phi) is 9.52. The molecule has 190 valence electrons. The molecule has 0 amide bonds. The normalized spacial score (nSPS) is 11.9. The van der Waals surface area contributed by atoms with Crippen LogP contribution in [-0.4, -0.2) is 31.8 Å². The first kappa shape index (κ1) is 28.0. The molecular weight excluding hydrogens is 444 g/mol. The first-order valence-electron chi connectivity index (χ1n) is 11.9. The van der Waals surface area contributed by atoms with Gasteiger partial charge < -0.3 is 18.9 Å². The van der Waals surface area contributed by atoms with Gasteiger partial charge in [-0.3, -0.25) is 9.59 Å². The van der Waals surface area contributed by atoms with Crippen molar-refractivity contribution in [3.05, 3.63) is 59.2 Å². The summed E-state index contributed by atoms with van der Waals surface area (Å²) in [6.07, 6.45) is 3.31. The van der Waals surface area contributed by atoms with Crippen LogP contribution in [0.2, 0.25) is 0 Å². The van der Waals surface area contributed by atoms with E-state index in [4.69, 9.17) is 18.9 Å². The first-order valence-corrected chi connectivity index (χ1v) is 11.9. The van der Waals surface area contributed by atoms with E-state index in [1.165, 1.54) is 6.08 Å². The van der Waals surface area contributed by atoms with Crippen LogP contribution in [0.3, 0.4) is 0 Å². The number of allylic oxidation sites excluding steroid dienone is 1. The summed E-state index contributed by atoms with van der Waals surface area (Å²) in [7, 11) is 0. The van der Waals surface area contributed by atoms with Crippen LogP contribution < -0.4 is 14.2 Å². The molecule has 0 aliphatic carbocycles. The van der Waals surface area contributed by atoms with Gasteiger partial charge in [0.15, 0.2) is 5.78 Å². The molecule has 0 fully saturated rings. The Hall–Kier alpha value is -3.28. The monoisotopic (exact) mass is 482 g/mol. The van der Waals surface area contributed by atoms with E-state index in [2.05, 4.69) is 20.8 Å². The summed E-state index contributed by atoms with van der Waals surface area (Å²) in [5.74, 6) is 1.47. The lowest BCUT2D eigenvalue weighted by Crippen LogP contribution is -2.24. The van der Waals surface area contributed by atoms with E-state index in [-0.39, 0.29) is 24.0 Å². The largest absolute Gasteiger partial charge is 0.493 e. The van der Waals surface area contributed by atoms with E-state index < -0.39 is 5.41 Å². The zero-order valence-electron chi connectivity index (χ0n) is 22.2. The highest BCUT2D eigenvalue weighted by atomic mass is 16.7. The predicted molar refractivity (Wildman–Crippen MR) is 138 cm³/mol. The molecular formula is C29H38O6. The molecule has 0 aromatic heterocycles. The van der Waals surface area contributed by atoms with Crippen molar-refractivity contribution in [2.45, 2.75) is 60.8 Å². The molecule has 0 unspecified atom stereocenters. The fourth-order valence-electron chi connectivity index (χ4n) is 3.19. The zero-order valence-corrected chi connectivity index (χ0v) is 22.2. The van der Waals surface area contributed by atoms with Crippen LogP contribution >= 0.6 is 0 Å². The van der Waals surface area contributed by atoms with Crippen molar-refractivity contribution >= 4 is 17.8 Å². The molecule has 35 heavy (non-hydrogen) atoms. The van der Waals surface area contributed by atoms with Crippen LogP contribution in [0.25, 0.3) is 6.08 Å². The van der Waals surface area contributed by atoms with Crippen molar-refractivity contribution in [1.82, 2.24) is 0 Å². The van der Waals surface area contributed by atoms with E-state index in [1.807, 2.05) is 26.0 Å². The summed E-state index contributed by atoms with van der Waals surface area (Å²) >= 11 is 0. The molecule has 2 aromatic carbocycles. The molecule has 0 aliphatic rings. The minimum atomic E-state index is -0.592. The van der Waals surface area contributed by atoms with Crippen LogP contribution in [-0.2, 0) is 14.9 Å². The fraction of sp³-hybridized carbons (Fsp3) is 0.448. The number of carbonyl (C=O) groups is 2. The molecule has 2 rings (SSSR count). The molecule has 0 radical (unpaired) electrons. The maximum atomic E-state index is 12.8. The predicted octanol–water partition coefficient (Wildman–Crippen LogP) is 6.60. The lowest BCUT2D eigenvalue weighted by atomic mass is 9.85. The number of rotatable bonds is 10. The second kappa shape index (κ2) is 11.9. The third kappa shape index (κ3) is 8.16. The molecule has 2 aromatic rings. The molecule has 0 N–H and O–H groups in total. The molecule has 0 atom stereocenters. The number of ether oxygens (including phenoxy) is 4. The molecule has 6 nitrogen and oxygen atoms in total. The Bertz CT molecular complexity index is 1040. The summed E-state index contributed by atoms with van der Waals surface area (Å²) in [5.41, 5.74) is 1.64. The zero-order chi connectivity index (χ0) is 26.2. The van der Waals surface area contributed by atoms with Gasteiger partial charge in [0.1, 0.15) is 17.2 Å². The summed E-state index contributed by atoms with van der Waals surface area (Å²) in [4.78, 5) is 24.6. The van der Waals surface area contributed by atoms with Crippen LogP contribution in [0.1, 0.15) is 76.9 Å². The number of esters is 1. The van der Waals surface area contributed by atoms with Crippen LogP contribution in [0.4, 0.5) is 0 Å². The van der Waals surface area contributed by atoms with Crippen LogP contribution in [0.5, 0.6) is 17.2 Å². The van der Waals surface area contributed by atoms with Gasteiger partial charge in [-0.15, -0.1) is 0 Å². The summed E-state index contributed by atoms with van der Waals surface area (Å²) in [6, 6.07) is 10.6. The van der Waals surface area contributed by atoms with E-state index >= 15 is 0 Å². The topological polar surface area (TPSA) is 71.1 Å². The third-order valence-electron chi connectivity index (χ3n) is 5.10. The van der Waals surface area contributed by atoms with Crippen LogP contribution in [0, 0.1) is 5.41 Å². The Balaban J connectivity index is 2.17. The Labute approximate surface area is 209 Å². The highest BCUT2D eigenvalue weighted by molar-refractivity contribution is 6.07. The molecule has 0 saturated heterocycles. The SMILES string of the molecule is CCOc1cc(OCC)c(C(C)(C)C)cc1C=CC(=O)c1ccc(OCOC(=O)C(C)(C)C)cc1. The molecule has 0 heterocycles. The Morgan fingerprint density at radius 2 is 1.43 bits per heavy atom. The van der Waals surface area contributed by atoms with E-state index in [1.54, 1.807) is 51.1 Å². The maximum Gasteiger partial charge on any atom is 0.314 e. The number of carbonyl (C=O) groups excluding carboxylic acids is 2. The Morgan fingerprint density at radius 1 is 0.829 bits per heavy atom. The third-order valence-corrected chi connectivity index (χ3v) is 5.10. The van der Waals surface area contributed by atoms with Gasteiger partial charge in [0.05, 0.1) is 18.6 Å². The van der Waals surface area contributed by atoms with Gasteiger partial charge in [0.25, 0.3) is 0 Å². The van der Waals surface area contributed by atoms with Gasteiger partial charge in [-0.05, 0) is 82.5 Å². The molecule has 6 heteroatoms. The van der Waals surface area contributed by atoms with Gasteiger partial charge in [-0.25, -0.2) is 0 Å². The standard InChI is InChI=1S/C29H38O6/c1-9-32-25-18-26(33-10-2)23(28(3,4)5)17-21(25)13-16-24(30)20-11-14-22(15-12-20)34-19-35-27(31)29(6,7)8/h11-18H,9-10,19H2,1-8H3. The minimum Gasteiger partial charge on any atom is -0.493 e. The molecule has 0 spiro atoms. The van der Waals surface area contributed by atoms with E-state index in [9.17, 15) is 9.59 Å². The van der Waals surface area contributed by atoms with Gasteiger partial charge in [0, 0.05) is 22.8 Å². The van der Waals surface area contributed by atoms with Gasteiger partial charge in [0.2, 0.25) is 6.79 Å². The second-order valence-corrected chi connectivity index (χ2v) is 10.2. The van der Waals surface area contributed by atoms with Gasteiger partial charge in [-0.2, -0.15) is 0 Å². The molecule has 0 aliphatic heterocycles.